The molecule has 1 fully saturated rings. The number of nitrogens with zero attached hydrogens (tertiary/aromatic N) is 4. The van der Waals surface area contributed by atoms with Crippen molar-refractivity contribution in [1.29, 1.82) is 0 Å². The lowest BCUT2D eigenvalue weighted by molar-refractivity contribution is 0.102. The van der Waals surface area contributed by atoms with Gasteiger partial charge in [-0.1, -0.05) is 54.9 Å². The van der Waals surface area contributed by atoms with Gasteiger partial charge >= 0.3 is 0 Å². The van der Waals surface area contributed by atoms with Crippen molar-refractivity contribution in [3.05, 3.63) is 92.9 Å². The Labute approximate surface area is 238 Å². The summed E-state index contributed by atoms with van der Waals surface area (Å²) in [6.07, 6.45) is 2.63. The molecule has 0 aliphatic carbocycles. The van der Waals surface area contributed by atoms with E-state index in [1.807, 2.05) is 43.3 Å². The second kappa shape index (κ2) is 11.6. The number of nitrogens with one attached hydrogen (secondary N) is 1. The number of carbonyl (C=O) groups excluding carboxylic acids is 1. The maximum Gasteiger partial charge on any atom is 0.279 e. The zero-order chi connectivity index (χ0) is 28.4. The highest BCUT2D eigenvalue weighted by Crippen LogP contribution is 2.39. The molecule has 2 aromatic carbocycles. The van der Waals surface area contributed by atoms with Crippen LogP contribution in [0.2, 0.25) is 5.02 Å². The van der Waals surface area contributed by atoms with Gasteiger partial charge in [0, 0.05) is 48.7 Å². The number of carbonyl (C=O) groups is 1. The number of benzene rings is 2. The van der Waals surface area contributed by atoms with E-state index in [9.17, 15) is 9.59 Å². The lowest BCUT2D eigenvalue weighted by Crippen LogP contribution is -2.28. The molecular weight excluding hydrogens is 526 g/mol. The standard InChI is InChI=1S/C31H32ClN5O3/c1-19-14-16-37(17-19)18-21-11-12-27(35-30(21)40-4)24-9-5-8-23(28(24)32)22-7-6-10-26(20(22)2)34-29(38)25-13-15-33-36(3)31(25)39/h5-13,15,19H,14,16-18H2,1-4H3,(H,34,38)/t19-/m0/s1. The molecular formula is C31H32ClN5O3. The number of amides is 1. The lowest BCUT2D eigenvalue weighted by Gasteiger charge is -2.18. The van der Waals surface area contributed by atoms with Crippen molar-refractivity contribution < 1.29 is 9.53 Å². The summed E-state index contributed by atoms with van der Waals surface area (Å²) in [5.41, 5.74) is 5.19. The molecule has 0 saturated carbocycles. The van der Waals surface area contributed by atoms with E-state index in [-0.39, 0.29) is 5.56 Å². The topological polar surface area (TPSA) is 89.3 Å². The quantitative estimate of drug-likeness (QED) is 0.319. The van der Waals surface area contributed by atoms with E-state index in [1.165, 1.54) is 25.7 Å². The molecule has 4 aromatic rings. The molecule has 0 unspecified atom stereocenters. The number of hydrogen-bond donors (Lipinski definition) is 1. The second-order valence-corrected chi connectivity index (χ2v) is 10.6. The van der Waals surface area contributed by atoms with Crippen LogP contribution in [-0.4, -0.2) is 45.8 Å². The summed E-state index contributed by atoms with van der Waals surface area (Å²) in [4.78, 5) is 32.5. The first kappa shape index (κ1) is 27.6. The molecule has 206 valence electrons. The van der Waals surface area contributed by atoms with Crippen LogP contribution in [0.1, 0.15) is 34.8 Å². The molecule has 5 rings (SSSR count). The molecule has 2 aromatic heterocycles. The molecule has 40 heavy (non-hydrogen) atoms. The smallest absolute Gasteiger partial charge is 0.279 e. The van der Waals surface area contributed by atoms with Gasteiger partial charge in [-0.3, -0.25) is 14.5 Å². The summed E-state index contributed by atoms with van der Waals surface area (Å²) >= 11 is 7.00. The zero-order valence-electron chi connectivity index (χ0n) is 23.1. The van der Waals surface area contributed by atoms with Crippen molar-refractivity contribution in [2.24, 2.45) is 13.0 Å². The van der Waals surface area contributed by atoms with E-state index < -0.39 is 11.5 Å². The minimum Gasteiger partial charge on any atom is -0.481 e. The van der Waals surface area contributed by atoms with Crippen molar-refractivity contribution >= 4 is 23.2 Å². The molecule has 0 spiro atoms. The molecule has 1 aliphatic rings. The summed E-state index contributed by atoms with van der Waals surface area (Å²) in [6, 6.07) is 16.9. The summed E-state index contributed by atoms with van der Waals surface area (Å²) in [5, 5.41) is 7.30. The Morgan fingerprint density at radius 3 is 2.60 bits per heavy atom. The number of methoxy groups -OCH3 is 1. The fourth-order valence-electron chi connectivity index (χ4n) is 5.20. The van der Waals surface area contributed by atoms with Gasteiger partial charge < -0.3 is 10.1 Å². The third kappa shape index (κ3) is 5.50. The first-order valence-electron chi connectivity index (χ1n) is 13.3. The van der Waals surface area contributed by atoms with Crippen molar-refractivity contribution in [3.8, 4) is 28.3 Å². The Morgan fingerprint density at radius 1 is 1.10 bits per heavy atom. The molecule has 3 heterocycles. The van der Waals surface area contributed by atoms with Gasteiger partial charge in [0.05, 0.1) is 17.8 Å². The highest BCUT2D eigenvalue weighted by atomic mass is 35.5. The van der Waals surface area contributed by atoms with Gasteiger partial charge in [-0.05, 0) is 55.1 Å². The van der Waals surface area contributed by atoms with Crippen LogP contribution < -0.4 is 15.6 Å². The average molecular weight is 558 g/mol. The Morgan fingerprint density at radius 2 is 1.85 bits per heavy atom. The minimum absolute atomic E-state index is 0.0186. The normalized spacial score (nSPS) is 15.3. The molecule has 1 aliphatic heterocycles. The van der Waals surface area contributed by atoms with Gasteiger partial charge in [0.1, 0.15) is 5.56 Å². The first-order valence-corrected chi connectivity index (χ1v) is 13.6. The van der Waals surface area contributed by atoms with Crippen LogP contribution in [0, 0.1) is 12.8 Å². The Balaban J connectivity index is 1.45. The van der Waals surface area contributed by atoms with Gasteiger partial charge in [-0.25, -0.2) is 9.67 Å². The van der Waals surface area contributed by atoms with E-state index >= 15 is 0 Å². The maximum absolute atomic E-state index is 12.9. The average Bonchev–Trinajstić information content (AvgIpc) is 3.36. The largest absolute Gasteiger partial charge is 0.481 e. The fourth-order valence-corrected chi connectivity index (χ4v) is 5.52. The van der Waals surface area contributed by atoms with Gasteiger partial charge in [0.25, 0.3) is 11.5 Å². The molecule has 9 heteroatoms. The van der Waals surface area contributed by atoms with Crippen LogP contribution in [-0.2, 0) is 13.6 Å². The van der Waals surface area contributed by atoms with Crippen molar-refractivity contribution in [2.75, 3.05) is 25.5 Å². The van der Waals surface area contributed by atoms with Crippen LogP contribution in [0.4, 0.5) is 5.69 Å². The highest BCUT2D eigenvalue weighted by Gasteiger charge is 2.21. The molecule has 8 nitrogen and oxygen atoms in total. The number of aromatic nitrogens is 3. The molecule has 0 bridgehead atoms. The summed E-state index contributed by atoms with van der Waals surface area (Å²) in [6.45, 7) is 7.16. The molecule has 1 N–H and O–H groups in total. The van der Waals surface area contributed by atoms with Crippen LogP contribution in [0.25, 0.3) is 22.4 Å². The fraction of sp³-hybridized carbons (Fsp3) is 0.290. The Hall–Kier alpha value is -4.01. The summed E-state index contributed by atoms with van der Waals surface area (Å²) in [7, 11) is 3.15. The number of pyridine rings is 1. The number of halogens is 1. The lowest BCUT2D eigenvalue weighted by atomic mass is 9.96. The van der Waals surface area contributed by atoms with E-state index in [2.05, 4.69) is 28.3 Å². The number of hydrogen-bond acceptors (Lipinski definition) is 6. The first-order chi connectivity index (χ1) is 19.3. The summed E-state index contributed by atoms with van der Waals surface area (Å²) < 4.78 is 6.81. The van der Waals surface area contributed by atoms with Crippen molar-refractivity contribution in [2.45, 2.75) is 26.8 Å². The van der Waals surface area contributed by atoms with Gasteiger partial charge in [-0.15, -0.1) is 0 Å². The predicted octanol–water partition coefficient (Wildman–Crippen LogP) is 5.57. The van der Waals surface area contributed by atoms with Crippen LogP contribution in [0.15, 0.2) is 65.6 Å². The van der Waals surface area contributed by atoms with E-state index in [0.717, 1.165) is 57.8 Å². The van der Waals surface area contributed by atoms with E-state index in [0.29, 0.717) is 22.5 Å². The monoisotopic (exact) mass is 557 g/mol. The van der Waals surface area contributed by atoms with Crippen molar-refractivity contribution in [3.63, 3.8) is 0 Å². The molecule has 0 radical (unpaired) electrons. The van der Waals surface area contributed by atoms with Crippen molar-refractivity contribution in [1.82, 2.24) is 19.7 Å². The second-order valence-electron chi connectivity index (χ2n) is 10.3. The number of rotatable bonds is 7. The van der Waals surface area contributed by atoms with Crippen LogP contribution in [0.5, 0.6) is 5.88 Å². The Kier molecular flexibility index (Phi) is 8.00. The Bertz CT molecular complexity index is 1630. The van der Waals surface area contributed by atoms with Crippen LogP contribution >= 0.6 is 11.6 Å². The number of ether oxygens (including phenoxy) is 1. The predicted molar refractivity (Wildman–Crippen MR) is 158 cm³/mol. The molecule has 1 amide bonds. The van der Waals surface area contributed by atoms with E-state index in [4.69, 9.17) is 21.3 Å². The molecule has 1 atom stereocenters. The van der Waals surface area contributed by atoms with Gasteiger partial charge in [0.2, 0.25) is 5.88 Å². The maximum atomic E-state index is 12.9. The number of aryl methyl sites for hydroxylation is 1. The SMILES string of the molecule is COc1nc(-c2cccc(-c3cccc(NC(=O)c4ccnn(C)c4=O)c3C)c2Cl)ccc1CN1CC[C@H](C)C1. The molecule has 1 saturated heterocycles. The van der Waals surface area contributed by atoms with Gasteiger partial charge in [-0.2, -0.15) is 5.10 Å². The number of anilines is 1. The van der Waals surface area contributed by atoms with E-state index in [1.54, 1.807) is 13.2 Å². The third-order valence-electron chi connectivity index (χ3n) is 7.43. The third-order valence-corrected chi connectivity index (χ3v) is 7.84. The van der Waals surface area contributed by atoms with Gasteiger partial charge in [0.15, 0.2) is 0 Å². The van der Waals surface area contributed by atoms with Crippen LogP contribution in [0.3, 0.4) is 0 Å². The minimum atomic E-state index is -0.497. The summed E-state index contributed by atoms with van der Waals surface area (Å²) in [5.74, 6) is 0.808. The highest BCUT2D eigenvalue weighted by molar-refractivity contribution is 6.36. The number of likely N-dealkylation sites (tertiary alicyclic amines) is 1. The zero-order valence-corrected chi connectivity index (χ0v) is 23.8.